The molecule has 2 fully saturated rings. The van der Waals surface area contributed by atoms with Gasteiger partial charge in [0.15, 0.2) is 0 Å². The topological polar surface area (TPSA) is 185 Å². The smallest absolute Gasteiger partial charge is 0.320 e. The van der Waals surface area contributed by atoms with E-state index in [4.69, 9.17) is 28.4 Å². The maximum atomic E-state index is 14.2. The van der Waals surface area contributed by atoms with Crippen LogP contribution in [0.3, 0.4) is 0 Å². The quantitative estimate of drug-likeness (QED) is 0.0319. The van der Waals surface area contributed by atoms with Crippen LogP contribution in [0.2, 0.25) is 0 Å². The minimum absolute atomic E-state index is 0.0822. The minimum atomic E-state index is -0.720. The van der Waals surface area contributed by atoms with E-state index in [2.05, 4.69) is 39.5 Å². The molecule has 0 aromatic carbocycles. The van der Waals surface area contributed by atoms with Crippen LogP contribution >= 0.6 is 0 Å². The largest absolute Gasteiger partial charge is 0.465 e. The molecule has 2 amide bonds. The summed E-state index contributed by atoms with van der Waals surface area (Å²) >= 11 is 0. The standard InChI is InChI=1S/C59H105N3O13/c1-6-11-15-19-23-27-31-53(63)70-44-49(45-71-54(64)32-28-24-20-16-12-7-2)40-57(67)74-48-51-42-52(43-62(51)59(69)61-38-36-60(35-10-5)37-39-61)75-58(68)41-50(46-72-55(65)33-29-25-21-17-13-8-3)47-73-56(66)34-30-26-22-18-14-9-4/h49-52H,6-48H2,1-5H3/t51-,52+/m0/s1. The zero-order valence-corrected chi connectivity index (χ0v) is 47.9. The molecule has 0 aromatic heterocycles. The third kappa shape index (κ3) is 33.7. The van der Waals surface area contributed by atoms with Crippen molar-refractivity contribution in [3.05, 3.63) is 0 Å². The monoisotopic (exact) mass is 1060 g/mol. The second-order valence-corrected chi connectivity index (χ2v) is 21.4. The van der Waals surface area contributed by atoms with E-state index in [1.807, 2.05) is 0 Å². The van der Waals surface area contributed by atoms with Crippen LogP contribution in [0.25, 0.3) is 0 Å². The van der Waals surface area contributed by atoms with Crippen LogP contribution in [0.15, 0.2) is 0 Å². The summed E-state index contributed by atoms with van der Waals surface area (Å²) in [7, 11) is 0. The highest BCUT2D eigenvalue weighted by Crippen LogP contribution is 2.25. The van der Waals surface area contributed by atoms with Crippen molar-refractivity contribution < 1.29 is 62.0 Å². The predicted molar refractivity (Wildman–Crippen MR) is 292 cm³/mol. The molecule has 16 heteroatoms. The molecule has 75 heavy (non-hydrogen) atoms. The number of amides is 2. The second-order valence-electron chi connectivity index (χ2n) is 21.4. The fourth-order valence-electron chi connectivity index (χ4n) is 9.63. The Morgan fingerprint density at radius 2 is 0.773 bits per heavy atom. The molecule has 0 bridgehead atoms. The molecule has 2 saturated heterocycles. The molecule has 434 valence electrons. The van der Waals surface area contributed by atoms with Gasteiger partial charge in [0, 0.05) is 70.1 Å². The third-order valence-electron chi connectivity index (χ3n) is 14.3. The van der Waals surface area contributed by atoms with Gasteiger partial charge in [0.25, 0.3) is 0 Å². The summed E-state index contributed by atoms with van der Waals surface area (Å²) < 4.78 is 34.4. The van der Waals surface area contributed by atoms with Gasteiger partial charge in [-0.3, -0.25) is 33.7 Å². The number of hydrogen-bond acceptors (Lipinski definition) is 14. The number of unbranched alkanes of at least 4 members (excludes halogenated alkanes) is 20. The van der Waals surface area contributed by atoms with Gasteiger partial charge in [-0.2, -0.15) is 0 Å². The number of nitrogens with zero attached hydrogens (tertiary/aromatic N) is 3. The molecule has 0 aliphatic carbocycles. The number of carbonyl (C=O) groups is 7. The summed E-state index contributed by atoms with van der Waals surface area (Å²) in [6, 6.07) is -0.844. The summed E-state index contributed by atoms with van der Waals surface area (Å²) in [5, 5.41) is 0. The molecule has 2 atom stereocenters. The van der Waals surface area contributed by atoms with Gasteiger partial charge < -0.3 is 38.2 Å². The maximum absolute atomic E-state index is 14.2. The molecule has 0 unspecified atom stereocenters. The van der Waals surface area contributed by atoms with Gasteiger partial charge in [0.1, 0.15) is 12.7 Å². The maximum Gasteiger partial charge on any atom is 0.320 e. The van der Waals surface area contributed by atoms with Crippen molar-refractivity contribution >= 4 is 41.8 Å². The Labute approximate surface area is 453 Å². The summed E-state index contributed by atoms with van der Waals surface area (Å²) in [5.41, 5.74) is 0. The number of piperazine rings is 1. The fraction of sp³-hybridized carbons (Fsp3) is 0.881. The van der Waals surface area contributed by atoms with Crippen molar-refractivity contribution in [1.29, 1.82) is 0 Å². The summed E-state index contributed by atoms with van der Waals surface area (Å²) in [4.78, 5) is 98.3. The number of esters is 6. The van der Waals surface area contributed by atoms with Crippen LogP contribution in [-0.4, -0.2) is 141 Å². The lowest BCUT2D eigenvalue weighted by atomic mass is 10.1. The zero-order chi connectivity index (χ0) is 54.7. The lowest BCUT2D eigenvalue weighted by Gasteiger charge is -2.37. The molecule has 0 radical (unpaired) electrons. The Morgan fingerprint density at radius 1 is 0.413 bits per heavy atom. The van der Waals surface area contributed by atoms with Crippen LogP contribution in [0.4, 0.5) is 4.79 Å². The molecule has 2 heterocycles. The molecule has 2 aliphatic rings. The van der Waals surface area contributed by atoms with Gasteiger partial charge in [-0.25, -0.2) is 4.79 Å². The van der Waals surface area contributed by atoms with E-state index in [1.54, 1.807) is 9.80 Å². The lowest BCUT2D eigenvalue weighted by molar-refractivity contribution is -0.157. The molecule has 2 aliphatic heterocycles. The first-order valence-corrected chi connectivity index (χ1v) is 30.2. The Morgan fingerprint density at radius 3 is 1.15 bits per heavy atom. The molecule has 0 aromatic rings. The highest BCUT2D eigenvalue weighted by atomic mass is 16.6. The number of hydrogen-bond donors (Lipinski definition) is 0. The lowest BCUT2D eigenvalue weighted by Crippen LogP contribution is -2.54. The average molecular weight is 1060 g/mol. The molecule has 0 saturated carbocycles. The van der Waals surface area contributed by atoms with Gasteiger partial charge in [-0.15, -0.1) is 0 Å². The van der Waals surface area contributed by atoms with Crippen LogP contribution in [-0.2, 0) is 57.2 Å². The summed E-state index contributed by atoms with van der Waals surface area (Å²) in [6.45, 7) is 13.7. The molecule has 16 nitrogen and oxygen atoms in total. The Kier molecular flexibility index (Phi) is 39.5. The number of carbonyl (C=O) groups excluding carboxylic acids is 7. The first-order valence-electron chi connectivity index (χ1n) is 30.2. The first-order chi connectivity index (χ1) is 36.4. The van der Waals surface area contributed by atoms with E-state index in [0.717, 1.165) is 129 Å². The fourth-order valence-corrected chi connectivity index (χ4v) is 9.63. The molecule has 0 N–H and O–H groups in total. The van der Waals surface area contributed by atoms with Gasteiger partial charge in [-0.1, -0.05) is 163 Å². The normalized spacial score (nSPS) is 15.8. The van der Waals surface area contributed by atoms with Crippen molar-refractivity contribution in [1.82, 2.24) is 14.7 Å². The van der Waals surface area contributed by atoms with Gasteiger partial charge in [0.2, 0.25) is 0 Å². The van der Waals surface area contributed by atoms with E-state index in [0.29, 0.717) is 38.8 Å². The van der Waals surface area contributed by atoms with Gasteiger partial charge in [0.05, 0.1) is 51.9 Å². The average Bonchev–Trinajstić information content (AvgIpc) is 3.80. The van der Waals surface area contributed by atoms with E-state index >= 15 is 0 Å². The van der Waals surface area contributed by atoms with Crippen molar-refractivity contribution in [3.8, 4) is 0 Å². The Hall–Kier alpha value is -3.95. The predicted octanol–water partition coefficient (Wildman–Crippen LogP) is 11.9. The molecule has 2 rings (SSSR count). The van der Waals surface area contributed by atoms with Crippen molar-refractivity contribution in [2.24, 2.45) is 11.8 Å². The van der Waals surface area contributed by atoms with Crippen molar-refractivity contribution in [2.45, 2.75) is 252 Å². The molecular weight excluding hydrogens is 959 g/mol. The van der Waals surface area contributed by atoms with E-state index < -0.39 is 35.9 Å². The minimum Gasteiger partial charge on any atom is -0.465 e. The summed E-state index contributed by atoms with van der Waals surface area (Å²) in [5.74, 6) is -3.89. The molecular formula is C59H105N3O13. The van der Waals surface area contributed by atoms with E-state index in [-0.39, 0.29) is 114 Å². The van der Waals surface area contributed by atoms with Crippen LogP contribution < -0.4 is 0 Å². The third-order valence-corrected chi connectivity index (χ3v) is 14.3. The molecule has 0 spiro atoms. The van der Waals surface area contributed by atoms with Crippen LogP contribution in [0.5, 0.6) is 0 Å². The first kappa shape index (κ1) is 67.2. The zero-order valence-electron chi connectivity index (χ0n) is 47.9. The van der Waals surface area contributed by atoms with Crippen molar-refractivity contribution in [2.75, 3.05) is 72.3 Å². The number of ether oxygens (including phenoxy) is 6. The van der Waals surface area contributed by atoms with E-state index in [1.165, 1.54) is 25.7 Å². The van der Waals surface area contributed by atoms with Crippen LogP contribution in [0.1, 0.15) is 240 Å². The number of rotatable bonds is 45. The number of urea groups is 1. The van der Waals surface area contributed by atoms with E-state index in [9.17, 15) is 33.6 Å². The second kappa shape index (κ2) is 44.1. The van der Waals surface area contributed by atoms with Gasteiger partial charge >= 0.3 is 41.8 Å². The van der Waals surface area contributed by atoms with Crippen LogP contribution in [0, 0.1) is 11.8 Å². The van der Waals surface area contributed by atoms with Crippen molar-refractivity contribution in [3.63, 3.8) is 0 Å². The highest BCUT2D eigenvalue weighted by Gasteiger charge is 2.41. The number of likely N-dealkylation sites (tertiary alicyclic amines) is 1. The SMILES string of the molecule is CCCCCCCCC(=O)OCC(COC(=O)CCCCCCCC)CC(=O)OC[C@@H]1C[C@@H](OC(=O)CC(COC(=O)CCCCCCCC)COC(=O)CCCCCCCC)CN1C(=O)N1CCN(CCC)CC1. The Balaban J connectivity index is 2.14. The highest BCUT2D eigenvalue weighted by molar-refractivity contribution is 5.76. The van der Waals surface area contributed by atoms with Gasteiger partial charge in [-0.05, 0) is 38.6 Å². The Bertz CT molecular complexity index is 1490. The summed E-state index contributed by atoms with van der Waals surface area (Å²) in [6.07, 6.45) is 25.8.